The van der Waals surface area contributed by atoms with E-state index in [9.17, 15) is 5.26 Å². The summed E-state index contributed by atoms with van der Waals surface area (Å²) in [5.41, 5.74) is 7.41. The van der Waals surface area contributed by atoms with E-state index in [-0.39, 0.29) is 0 Å². The first-order chi connectivity index (χ1) is 17.2. The second-order valence-corrected chi connectivity index (χ2v) is 7.97. The fourth-order valence-electron chi connectivity index (χ4n) is 3.90. The molecule has 0 aliphatic carbocycles. The normalized spacial score (nSPS) is 10.8. The van der Waals surface area contributed by atoms with Gasteiger partial charge in [-0.2, -0.15) is 5.26 Å². The number of hydrogen-bond donors (Lipinski definition) is 2. The monoisotopic (exact) mass is 454 g/mol. The van der Waals surface area contributed by atoms with Crippen LogP contribution in [-0.4, -0.2) is 15.0 Å². The zero-order chi connectivity index (χ0) is 23.6. The molecule has 0 saturated carbocycles. The third-order valence-electron chi connectivity index (χ3n) is 5.64. The van der Waals surface area contributed by atoms with Crippen molar-refractivity contribution in [3.63, 3.8) is 0 Å². The van der Waals surface area contributed by atoms with Crippen molar-refractivity contribution in [3.8, 4) is 17.5 Å². The summed E-state index contributed by atoms with van der Waals surface area (Å²) < 4.78 is 6.08. The van der Waals surface area contributed by atoms with Gasteiger partial charge in [-0.15, -0.1) is 0 Å². The molecule has 35 heavy (non-hydrogen) atoms. The van der Waals surface area contributed by atoms with Gasteiger partial charge in [-0.05, 0) is 72.8 Å². The maximum Gasteiger partial charge on any atom is 0.227 e. The van der Waals surface area contributed by atoms with Crippen molar-refractivity contribution >= 4 is 44.8 Å². The molecule has 0 spiro atoms. The highest BCUT2D eigenvalue weighted by molar-refractivity contribution is 5.94. The van der Waals surface area contributed by atoms with E-state index in [0.29, 0.717) is 17.0 Å². The first-order valence-electron chi connectivity index (χ1n) is 11.0. The molecule has 3 aromatic heterocycles. The molecule has 166 valence electrons. The van der Waals surface area contributed by atoms with Gasteiger partial charge in [-0.3, -0.25) is 9.97 Å². The van der Waals surface area contributed by atoms with Gasteiger partial charge in [-0.25, -0.2) is 4.98 Å². The average Bonchev–Trinajstić information content (AvgIpc) is 3.33. The SMILES string of the molecule is N#Cc1ccc2nccc(Nc3ccc4nc(-c5ccc(Nc6ccncc6)cc5)oc4c3)c2c1. The topological polar surface area (TPSA) is 99.7 Å². The summed E-state index contributed by atoms with van der Waals surface area (Å²) >= 11 is 0. The van der Waals surface area contributed by atoms with Gasteiger partial charge >= 0.3 is 0 Å². The van der Waals surface area contributed by atoms with Gasteiger partial charge in [0.15, 0.2) is 5.58 Å². The molecule has 7 heteroatoms. The number of nitrogens with one attached hydrogen (secondary N) is 2. The van der Waals surface area contributed by atoms with Crippen molar-refractivity contribution in [2.45, 2.75) is 0 Å². The van der Waals surface area contributed by atoms with Gasteiger partial charge in [0.2, 0.25) is 5.89 Å². The number of rotatable bonds is 5. The van der Waals surface area contributed by atoms with Crippen molar-refractivity contribution < 1.29 is 4.42 Å². The molecule has 0 unspecified atom stereocenters. The summed E-state index contributed by atoms with van der Waals surface area (Å²) in [4.78, 5) is 13.1. The van der Waals surface area contributed by atoms with Crippen LogP contribution >= 0.6 is 0 Å². The fraction of sp³-hybridized carbons (Fsp3) is 0. The molecule has 7 nitrogen and oxygen atoms in total. The first-order valence-corrected chi connectivity index (χ1v) is 11.0. The Morgan fingerprint density at radius 3 is 2.31 bits per heavy atom. The molecule has 3 heterocycles. The van der Waals surface area contributed by atoms with Gasteiger partial charge in [0.1, 0.15) is 5.52 Å². The highest BCUT2D eigenvalue weighted by Gasteiger charge is 2.10. The molecule has 0 aliphatic rings. The van der Waals surface area contributed by atoms with Gasteiger partial charge < -0.3 is 15.1 Å². The largest absolute Gasteiger partial charge is 0.436 e. The predicted molar refractivity (Wildman–Crippen MR) is 137 cm³/mol. The standard InChI is InChI=1S/C28H18N6O/c29-17-18-1-7-24-23(15-18)25(11-14-31-24)33-22-6-8-26-27(16-22)35-28(34-26)19-2-4-20(5-3-19)32-21-9-12-30-13-10-21/h1-16H,(H,30,32)(H,31,33). The summed E-state index contributed by atoms with van der Waals surface area (Å²) in [5.74, 6) is 0.556. The molecular weight excluding hydrogens is 436 g/mol. The summed E-state index contributed by atoms with van der Waals surface area (Å²) in [5, 5.41) is 16.9. The van der Waals surface area contributed by atoms with Gasteiger partial charge in [0.25, 0.3) is 0 Å². The zero-order valence-corrected chi connectivity index (χ0v) is 18.4. The number of hydrogen-bond acceptors (Lipinski definition) is 7. The Hall–Kier alpha value is -5.22. The second kappa shape index (κ2) is 8.61. The smallest absolute Gasteiger partial charge is 0.227 e. The van der Waals surface area contributed by atoms with E-state index in [0.717, 1.165) is 44.7 Å². The minimum atomic E-state index is 0.556. The second-order valence-electron chi connectivity index (χ2n) is 7.97. The maximum atomic E-state index is 9.26. The molecule has 0 bridgehead atoms. The predicted octanol–water partition coefficient (Wildman–Crippen LogP) is 6.80. The van der Waals surface area contributed by atoms with Crippen molar-refractivity contribution in [3.05, 3.63) is 103 Å². The number of fused-ring (bicyclic) bond motifs is 2. The van der Waals surface area contributed by atoms with Crippen LogP contribution < -0.4 is 10.6 Å². The van der Waals surface area contributed by atoms with E-state index < -0.39 is 0 Å². The Morgan fingerprint density at radius 2 is 1.49 bits per heavy atom. The summed E-state index contributed by atoms with van der Waals surface area (Å²) in [6.07, 6.45) is 5.24. The molecule has 0 aliphatic heterocycles. The van der Waals surface area contributed by atoms with Crippen LogP contribution in [0.5, 0.6) is 0 Å². The third-order valence-corrected chi connectivity index (χ3v) is 5.64. The zero-order valence-electron chi connectivity index (χ0n) is 18.4. The Morgan fingerprint density at radius 1 is 0.714 bits per heavy atom. The van der Waals surface area contributed by atoms with E-state index in [4.69, 9.17) is 4.42 Å². The van der Waals surface area contributed by atoms with Crippen molar-refractivity contribution in [2.24, 2.45) is 0 Å². The molecule has 2 N–H and O–H groups in total. The summed E-state index contributed by atoms with van der Waals surface area (Å²) in [6.45, 7) is 0. The molecule has 0 fully saturated rings. The Labute approximate surface area is 200 Å². The number of oxazole rings is 1. The van der Waals surface area contributed by atoms with Gasteiger partial charge in [0.05, 0.1) is 17.1 Å². The van der Waals surface area contributed by atoms with Crippen LogP contribution in [0, 0.1) is 11.3 Å². The summed E-state index contributed by atoms with van der Waals surface area (Å²) in [6, 6.07) is 27.1. The molecule has 0 atom stereocenters. The number of nitriles is 1. The highest BCUT2D eigenvalue weighted by atomic mass is 16.3. The van der Waals surface area contributed by atoms with E-state index in [2.05, 4.69) is 31.7 Å². The quantitative estimate of drug-likeness (QED) is 0.295. The van der Waals surface area contributed by atoms with Crippen LogP contribution in [0.25, 0.3) is 33.5 Å². The number of nitrogens with zero attached hydrogens (tertiary/aromatic N) is 4. The molecule has 0 saturated heterocycles. The van der Waals surface area contributed by atoms with E-state index >= 15 is 0 Å². The summed E-state index contributed by atoms with van der Waals surface area (Å²) in [7, 11) is 0. The third kappa shape index (κ3) is 4.12. The number of aromatic nitrogens is 3. The number of benzene rings is 3. The number of anilines is 4. The van der Waals surface area contributed by atoms with Crippen molar-refractivity contribution in [1.29, 1.82) is 5.26 Å². The number of pyridine rings is 2. The lowest BCUT2D eigenvalue weighted by Gasteiger charge is -2.09. The van der Waals surface area contributed by atoms with Crippen molar-refractivity contribution in [1.82, 2.24) is 15.0 Å². The lowest BCUT2D eigenvalue weighted by Crippen LogP contribution is -1.93. The van der Waals surface area contributed by atoms with Crippen LogP contribution in [0.2, 0.25) is 0 Å². The lowest BCUT2D eigenvalue weighted by atomic mass is 10.1. The van der Waals surface area contributed by atoms with Crippen LogP contribution in [0.4, 0.5) is 22.7 Å². The minimum absolute atomic E-state index is 0.556. The van der Waals surface area contributed by atoms with Gasteiger partial charge in [0, 0.05) is 58.4 Å². The Balaban J connectivity index is 1.26. The molecule has 3 aromatic carbocycles. The van der Waals surface area contributed by atoms with Crippen LogP contribution in [0.1, 0.15) is 5.56 Å². The first kappa shape index (κ1) is 20.4. The molecule has 6 rings (SSSR count). The maximum absolute atomic E-state index is 9.26. The minimum Gasteiger partial charge on any atom is -0.436 e. The van der Waals surface area contributed by atoms with E-state index in [1.807, 2.05) is 72.8 Å². The molecular formula is C28H18N6O. The Bertz CT molecular complexity index is 1700. The van der Waals surface area contributed by atoms with E-state index in [1.165, 1.54) is 0 Å². The van der Waals surface area contributed by atoms with Crippen LogP contribution in [0.3, 0.4) is 0 Å². The van der Waals surface area contributed by atoms with Crippen molar-refractivity contribution in [2.75, 3.05) is 10.6 Å². The molecule has 0 amide bonds. The Kier molecular flexibility index (Phi) is 5.02. The fourth-order valence-corrected chi connectivity index (χ4v) is 3.90. The lowest BCUT2D eigenvalue weighted by molar-refractivity contribution is 0.620. The average molecular weight is 454 g/mol. The molecule has 0 radical (unpaired) electrons. The van der Waals surface area contributed by atoms with E-state index in [1.54, 1.807) is 24.7 Å². The highest BCUT2D eigenvalue weighted by Crippen LogP contribution is 2.30. The van der Waals surface area contributed by atoms with Crippen LogP contribution in [0.15, 0.2) is 102 Å². The molecule has 6 aromatic rings. The van der Waals surface area contributed by atoms with Crippen LogP contribution in [-0.2, 0) is 0 Å². The van der Waals surface area contributed by atoms with Gasteiger partial charge in [-0.1, -0.05) is 0 Å².